The van der Waals surface area contributed by atoms with Crippen molar-refractivity contribution in [3.8, 4) is 0 Å². The third kappa shape index (κ3) is 5.46. The topological polar surface area (TPSA) is 155 Å². The lowest BCUT2D eigenvalue weighted by atomic mass is 10.1. The molecule has 10 nitrogen and oxygen atoms in total. The van der Waals surface area contributed by atoms with Crippen LogP contribution in [-0.2, 0) is 20.0 Å². The van der Waals surface area contributed by atoms with E-state index in [0.29, 0.717) is 22.5 Å². The average molecular weight is 491 g/mol. The zero-order valence-corrected chi connectivity index (χ0v) is 19.9. The van der Waals surface area contributed by atoms with Gasteiger partial charge in [-0.05, 0) is 81.3 Å². The molecule has 12 heteroatoms. The summed E-state index contributed by atoms with van der Waals surface area (Å²) in [5.41, 5.74) is 2.07. The van der Waals surface area contributed by atoms with Gasteiger partial charge in [0, 0.05) is 17.1 Å². The standard InChI is InChI=1S/C21H22N4O6S2/c1-12-9-16(20(26)27)11-19(15(12)4)33(30,31)24-17-5-7-18(8-6-17)32(28,29)25-21-22-13(2)10-14(3)23-21/h5-11,24H,1-4H3,(H,26,27)(H,22,23,25). The van der Waals surface area contributed by atoms with Gasteiger partial charge in [0.15, 0.2) is 0 Å². The van der Waals surface area contributed by atoms with Crippen molar-refractivity contribution in [1.29, 1.82) is 0 Å². The molecule has 0 radical (unpaired) electrons. The third-order valence-corrected chi connectivity index (χ3v) is 7.63. The predicted octanol–water partition coefficient (Wildman–Crippen LogP) is 3.01. The lowest BCUT2D eigenvalue weighted by Crippen LogP contribution is -2.17. The van der Waals surface area contributed by atoms with Crippen LogP contribution in [0.15, 0.2) is 52.3 Å². The van der Waals surface area contributed by atoms with Crippen LogP contribution in [0.2, 0.25) is 0 Å². The van der Waals surface area contributed by atoms with E-state index in [1.54, 1.807) is 33.8 Å². The first-order valence-corrected chi connectivity index (χ1v) is 12.6. The number of aryl methyl sites for hydroxylation is 3. The molecule has 0 saturated carbocycles. The van der Waals surface area contributed by atoms with E-state index >= 15 is 0 Å². The van der Waals surface area contributed by atoms with Crippen LogP contribution in [0.25, 0.3) is 0 Å². The molecule has 3 aromatic rings. The lowest BCUT2D eigenvalue weighted by molar-refractivity contribution is 0.0696. The summed E-state index contributed by atoms with van der Waals surface area (Å²) in [5, 5.41) is 9.24. The van der Waals surface area contributed by atoms with Crippen molar-refractivity contribution in [2.45, 2.75) is 37.5 Å². The minimum Gasteiger partial charge on any atom is -0.478 e. The number of carbonyl (C=O) groups is 1. The number of sulfonamides is 2. The molecular formula is C21H22N4O6S2. The summed E-state index contributed by atoms with van der Waals surface area (Å²) in [7, 11) is -8.13. The zero-order chi connectivity index (χ0) is 24.6. The number of aromatic nitrogens is 2. The number of hydrogen-bond acceptors (Lipinski definition) is 7. The fourth-order valence-corrected chi connectivity index (χ4v) is 5.44. The molecule has 0 unspecified atom stereocenters. The summed E-state index contributed by atoms with van der Waals surface area (Å²) >= 11 is 0. The van der Waals surface area contributed by atoms with Gasteiger partial charge in [-0.2, -0.15) is 0 Å². The minimum absolute atomic E-state index is 0.0681. The van der Waals surface area contributed by atoms with E-state index in [-0.39, 0.29) is 27.0 Å². The maximum atomic E-state index is 12.9. The highest BCUT2D eigenvalue weighted by molar-refractivity contribution is 7.93. The van der Waals surface area contributed by atoms with Crippen LogP contribution in [0, 0.1) is 27.7 Å². The van der Waals surface area contributed by atoms with E-state index in [2.05, 4.69) is 19.4 Å². The van der Waals surface area contributed by atoms with Gasteiger partial charge >= 0.3 is 5.97 Å². The molecule has 0 saturated heterocycles. The molecule has 2 aromatic carbocycles. The van der Waals surface area contributed by atoms with Crippen molar-refractivity contribution in [3.63, 3.8) is 0 Å². The highest BCUT2D eigenvalue weighted by Crippen LogP contribution is 2.25. The van der Waals surface area contributed by atoms with Crippen LogP contribution < -0.4 is 9.44 Å². The van der Waals surface area contributed by atoms with Gasteiger partial charge in [-0.15, -0.1) is 0 Å². The maximum absolute atomic E-state index is 12.9. The van der Waals surface area contributed by atoms with E-state index in [9.17, 15) is 26.7 Å². The maximum Gasteiger partial charge on any atom is 0.335 e. The number of carboxylic acids is 1. The van der Waals surface area contributed by atoms with E-state index in [1.807, 2.05) is 0 Å². The van der Waals surface area contributed by atoms with Crippen molar-refractivity contribution in [1.82, 2.24) is 9.97 Å². The molecule has 0 aliphatic carbocycles. The largest absolute Gasteiger partial charge is 0.478 e. The SMILES string of the molecule is Cc1cc(C)nc(NS(=O)(=O)c2ccc(NS(=O)(=O)c3cc(C(=O)O)cc(C)c3C)cc2)n1. The summed E-state index contributed by atoms with van der Waals surface area (Å²) < 4.78 is 55.7. The molecule has 0 atom stereocenters. The Labute approximate surface area is 191 Å². The molecule has 174 valence electrons. The van der Waals surface area contributed by atoms with Gasteiger partial charge in [-0.3, -0.25) is 4.72 Å². The van der Waals surface area contributed by atoms with Crippen LogP contribution >= 0.6 is 0 Å². The van der Waals surface area contributed by atoms with Gasteiger partial charge in [0.25, 0.3) is 20.0 Å². The Balaban J connectivity index is 1.87. The Morgan fingerprint density at radius 1 is 0.818 bits per heavy atom. The second-order valence-electron chi connectivity index (χ2n) is 7.43. The Morgan fingerprint density at radius 2 is 1.39 bits per heavy atom. The average Bonchev–Trinajstić information content (AvgIpc) is 2.68. The molecule has 33 heavy (non-hydrogen) atoms. The normalized spacial score (nSPS) is 11.8. The number of benzene rings is 2. The summed E-state index contributed by atoms with van der Waals surface area (Å²) in [6.07, 6.45) is 0. The number of carboxylic acid groups (broad SMARTS) is 1. The van der Waals surface area contributed by atoms with Gasteiger partial charge < -0.3 is 5.11 Å². The van der Waals surface area contributed by atoms with Crippen molar-refractivity contribution < 1.29 is 26.7 Å². The Morgan fingerprint density at radius 3 is 1.94 bits per heavy atom. The summed E-state index contributed by atoms with van der Waals surface area (Å²) in [6, 6.07) is 9.22. The van der Waals surface area contributed by atoms with Crippen LogP contribution in [0.5, 0.6) is 0 Å². The van der Waals surface area contributed by atoms with Gasteiger partial charge in [-0.25, -0.2) is 36.3 Å². The van der Waals surface area contributed by atoms with Crippen LogP contribution in [0.1, 0.15) is 32.9 Å². The van der Waals surface area contributed by atoms with Crippen LogP contribution in [-0.4, -0.2) is 37.9 Å². The lowest BCUT2D eigenvalue weighted by Gasteiger charge is -2.14. The minimum atomic E-state index is -4.13. The number of nitrogens with one attached hydrogen (secondary N) is 2. The highest BCUT2D eigenvalue weighted by Gasteiger charge is 2.22. The Bertz CT molecular complexity index is 1430. The van der Waals surface area contributed by atoms with E-state index in [4.69, 9.17) is 0 Å². The van der Waals surface area contributed by atoms with Gasteiger partial charge in [-0.1, -0.05) is 0 Å². The van der Waals surface area contributed by atoms with Gasteiger partial charge in [0.2, 0.25) is 5.95 Å². The Kier molecular flexibility index (Phi) is 6.43. The van der Waals surface area contributed by atoms with E-state index in [1.165, 1.54) is 30.3 Å². The highest BCUT2D eigenvalue weighted by atomic mass is 32.2. The van der Waals surface area contributed by atoms with Crippen molar-refractivity contribution in [2.24, 2.45) is 0 Å². The van der Waals surface area contributed by atoms with Crippen LogP contribution in [0.3, 0.4) is 0 Å². The number of aromatic carboxylic acids is 1. The molecule has 0 aliphatic rings. The van der Waals surface area contributed by atoms with Crippen molar-refractivity contribution >= 4 is 37.7 Å². The first-order valence-electron chi connectivity index (χ1n) is 9.61. The molecule has 1 aromatic heterocycles. The first kappa shape index (κ1) is 24.1. The molecule has 0 bridgehead atoms. The van der Waals surface area contributed by atoms with Crippen molar-refractivity contribution in [2.75, 3.05) is 9.44 Å². The smallest absolute Gasteiger partial charge is 0.335 e. The number of anilines is 2. The molecule has 3 rings (SSSR count). The van der Waals surface area contributed by atoms with Gasteiger partial charge in [0.05, 0.1) is 15.4 Å². The van der Waals surface area contributed by atoms with Crippen molar-refractivity contribution in [3.05, 3.63) is 70.5 Å². The summed E-state index contributed by atoms with van der Waals surface area (Å²) in [4.78, 5) is 19.1. The fraction of sp³-hybridized carbons (Fsp3) is 0.190. The predicted molar refractivity (Wildman–Crippen MR) is 122 cm³/mol. The molecule has 0 aliphatic heterocycles. The fourth-order valence-electron chi connectivity index (χ4n) is 3.09. The summed E-state index contributed by atoms with van der Waals surface area (Å²) in [5.74, 6) is -1.31. The quantitative estimate of drug-likeness (QED) is 0.456. The molecular weight excluding hydrogens is 468 g/mol. The summed E-state index contributed by atoms with van der Waals surface area (Å²) in [6.45, 7) is 6.62. The second kappa shape index (κ2) is 8.79. The first-order chi connectivity index (χ1) is 15.3. The molecule has 1 heterocycles. The van der Waals surface area contributed by atoms with Crippen LogP contribution in [0.4, 0.5) is 11.6 Å². The monoisotopic (exact) mass is 490 g/mol. The molecule has 0 spiro atoms. The Hall–Kier alpha value is -3.51. The second-order valence-corrected chi connectivity index (χ2v) is 10.8. The zero-order valence-electron chi connectivity index (χ0n) is 18.2. The molecule has 0 fully saturated rings. The number of hydrogen-bond donors (Lipinski definition) is 3. The van der Waals surface area contributed by atoms with E-state index < -0.39 is 26.0 Å². The molecule has 0 amide bonds. The number of rotatable bonds is 7. The van der Waals surface area contributed by atoms with E-state index in [0.717, 1.165) is 6.07 Å². The number of nitrogens with zero attached hydrogens (tertiary/aromatic N) is 2. The third-order valence-electron chi connectivity index (χ3n) is 4.78. The van der Waals surface area contributed by atoms with Gasteiger partial charge in [0.1, 0.15) is 0 Å². The molecule has 3 N–H and O–H groups in total.